The summed E-state index contributed by atoms with van der Waals surface area (Å²) in [5.74, 6) is -0.955. The molecule has 0 aliphatic carbocycles. The van der Waals surface area contributed by atoms with Crippen molar-refractivity contribution in [3.63, 3.8) is 0 Å². The molecule has 4 nitrogen and oxygen atoms in total. The van der Waals surface area contributed by atoms with Crippen LogP contribution in [-0.4, -0.2) is 34.5 Å². The van der Waals surface area contributed by atoms with E-state index < -0.39 is 17.4 Å². The molecule has 4 heteroatoms. The van der Waals surface area contributed by atoms with Crippen LogP contribution in [0.15, 0.2) is 0 Å². The van der Waals surface area contributed by atoms with E-state index in [1.807, 2.05) is 0 Å². The molecule has 1 saturated heterocycles. The minimum atomic E-state index is -0.902. The van der Waals surface area contributed by atoms with Crippen LogP contribution in [-0.2, 0) is 9.59 Å². The molecular formula is C9H15NO3. The summed E-state index contributed by atoms with van der Waals surface area (Å²) >= 11 is 0. The summed E-state index contributed by atoms with van der Waals surface area (Å²) in [5, 5.41) is 8.87. The topological polar surface area (TPSA) is 57.6 Å². The minimum Gasteiger partial charge on any atom is -0.480 e. The monoisotopic (exact) mass is 185 g/mol. The number of hydrogen-bond acceptors (Lipinski definition) is 2. The number of amides is 1. The van der Waals surface area contributed by atoms with Gasteiger partial charge in [0.15, 0.2) is 0 Å². The Labute approximate surface area is 77.5 Å². The number of likely N-dealkylation sites (N-methyl/N-ethyl adjacent to an activating group) is 1. The van der Waals surface area contributed by atoms with Crippen molar-refractivity contribution in [2.24, 2.45) is 5.41 Å². The first-order valence-electron chi connectivity index (χ1n) is 4.44. The van der Waals surface area contributed by atoms with Crippen LogP contribution in [0.1, 0.15) is 27.2 Å². The molecule has 1 atom stereocenters. The van der Waals surface area contributed by atoms with Gasteiger partial charge in [-0.25, -0.2) is 4.79 Å². The lowest BCUT2D eigenvalue weighted by Crippen LogP contribution is -2.39. The molecule has 1 aliphatic rings. The predicted octanol–water partition coefficient (Wildman–Crippen LogP) is 0.718. The molecule has 0 unspecified atom stereocenters. The van der Waals surface area contributed by atoms with Crippen molar-refractivity contribution in [3.8, 4) is 0 Å². The van der Waals surface area contributed by atoms with Crippen molar-refractivity contribution in [1.29, 1.82) is 0 Å². The molecule has 0 radical (unpaired) electrons. The van der Waals surface area contributed by atoms with Crippen molar-refractivity contribution >= 4 is 11.9 Å². The van der Waals surface area contributed by atoms with Crippen LogP contribution >= 0.6 is 0 Å². The molecule has 13 heavy (non-hydrogen) atoms. The highest BCUT2D eigenvalue weighted by Crippen LogP contribution is 2.35. The molecule has 1 aliphatic heterocycles. The molecule has 0 saturated carbocycles. The fourth-order valence-corrected chi connectivity index (χ4v) is 1.80. The Hall–Kier alpha value is -1.06. The van der Waals surface area contributed by atoms with E-state index in [2.05, 4.69) is 0 Å². The van der Waals surface area contributed by atoms with Crippen molar-refractivity contribution in [2.75, 3.05) is 6.54 Å². The third-order valence-corrected chi connectivity index (χ3v) is 2.55. The van der Waals surface area contributed by atoms with Crippen molar-refractivity contribution in [1.82, 2.24) is 4.90 Å². The highest BCUT2D eigenvalue weighted by atomic mass is 16.4. The average Bonchev–Trinajstić information content (AvgIpc) is 2.24. The number of likely N-dealkylation sites (tertiary alicyclic amines) is 1. The molecule has 0 aromatic heterocycles. The van der Waals surface area contributed by atoms with E-state index in [9.17, 15) is 9.59 Å². The van der Waals surface area contributed by atoms with Gasteiger partial charge in [0, 0.05) is 12.0 Å². The third-order valence-electron chi connectivity index (χ3n) is 2.55. The maximum Gasteiger partial charge on any atom is 0.326 e. The van der Waals surface area contributed by atoms with E-state index in [0.29, 0.717) is 13.0 Å². The van der Waals surface area contributed by atoms with E-state index in [4.69, 9.17) is 5.11 Å². The van der Waals surface area contributed by atoms with Gasteiger partial charge in [0.05, 0.1) is 0 Å². The zero-order chi connectivity index (χ0) is 10.2. The molecule has 1 fully saturated rings. The SMILES string of the molecule is CCN1C(=O)C(C)(C)C[C@H]1C(=O)O. The maximum absolute atomic E-state index is 11.6. The average molecular weight is 185 g/mol. The lowest BCUT2D eigenvalue weighted by Gasteiger charge is -2.19. The Kier molecular flexibility index (Phi) is 2.32. The van der Waals surface area contributed by atoms with E-state index in [1.54, 1.807) is 20.8 Å². The molecule has 1 heterocycles. The van der Waals surface area contributed by atoms with E-state index in [0.717, 1.165) is 0 Å². The second-order valence-electron chi connectivity index (χ2n) is 4.03. The molecule has 74 valence electrons. The van der Waals surface area contributed by atoms with Crippen LogP contribution in [0.25, 0.3) is 0 Å². The first-order valence-corrected chi connectivity index (χ1v) is 4.44. The predicted molar refractivity (Wildman–Crippen MR) is 47.2 cm³/mol. The Balaban J connectivity index is 2.92. The number of aliphatic carboxylic acids is 1. The summed E-state index contributed by atoms with van der Waals surface area (Å²) in [7, 11) is 0. The van der Waals surface area contributed by atoms with Gasteiger partial charge in [0.1, 0.15) is 6.04 Å². The van der Waals surface area contributed by atoms with Gasteiger partial charge in [0.25, 0.3) is 0 Å². The molecule has 0 aromatic rings. The van der Waals surface area contributed by atoms with E-state index >= 15 is 0 Å². The highest BCUT2D eigenvalue weighted by molar-refractivity contribution is 5.91. The van der Waals surface area contributed by atoms with Gasteiger partial charge in [-0.3, -0.25) is 4.79 Å². The quantitative estimate of drug-likeness (QED) is 0.689. The fraction of sp³-hybridized carbons (Fsp3) is 0.778. The lowest BCUT2D eigenvalue weighted by molar-refractivity contribution is -0.146. The second-order valence-corrected chi connectivity index (χ2v) is 4.03. The van der Waals surface area contributed by atoms with Crippen LogP contribution in [0.4, 0.5) is 0 Å². The summed E-state index contributed by atoms with van der Waals surface area (Å²) in [6.45, 7) is 5.86. The molecule has 0 spiro atoms. The standard InChI is InChI=1S/C9H15NO3/c1-4-10-6(7(11)12)5-9(2,3)8(10)13/h6H,4-5H2,1-3H3,(H,11,12)/t6-/m0/s1. The summed E-state index contributed by atoms with van der Waals surface area (Å²) in [6.07, 6.45) is 0.412. The summed E-state index contributed by atoms with van der Waals surface area (Å²) < 4.78 is 0. The first-order chi connectivity index (χ1) is 5.90. The lowest BCUT2D eigenvalue weighted by atomic mass is 9.90. The van der Waals surface area contributed by atoms with Crippen LogP contribution in [0.5, 0.6) is 0 Å². The van der Waals surface area contributed by atoms with Crippen molar-refractivity contribution in [2.45, 2.75) is 33.2 Å². The molecule has 1 amide bonds. The number of carbonyl (C=O) groups is 2. The van der Waals surface area contributed by atoms with Gasteiger partial charge in [0.2, 0.25) is 5.91 Å². The highest BCUT2D eigenvalue weighted by Gasteiger charge is 2.47. The number of carboxylic acid groups (broad SMARTS) is 1. The van der Waals surface area contributed by atoms with Crippen LogP contribution in [0.2, 0.25) is 0 Å². The summed E-state index contributed by atoms with van der Waals surface area (Å²) in [6, 6.07) is -0.632. The zero-order valence-corrected chi connectivity index (χ0v) is 8.20. The second kappa shape index (κ2) is 3.01. The number of carbonyl (C=O) groups excluding carboxylic acids is 1. The number of rotatable bonds is 2. The van der Waals surface area contributed by atoms with E-state index in [1.165, 1.54) is 4.90 Å². The Bertz CT molecular complexity index is 247. The minimum absolute atomic E-state index is 0.0533. The third kappa shape index (κ3) is 1.53. The van der Waals surface area contributed by atoms with Crippen LogP contribution in [0, 0.1) is 5.41 Å². The van der Waals surface area contributed by atoms with Gasteiger partial charge in [-0.05, 0) is 13.3 Å². The normalized spacial score (nSPS) is 26.5. The van der Waals surface area contributed by atoms with Crippen molar-refractivity contribution in [3.05, 3.63) is 0 Å². The maximum atomic E-state index is 11.6. The Morgan fingerprint density at radius 3 is 2.54 bits per heavy atom. The van der Waals surface area contributed by atoms with Gasteiger partial charge in [-0.15, -0.1) is 0 Å². The fourth-order valence-electron chi connectivity index (χ4n) is 1.80. The molecule has 1 rings (SSSR count). The first kappa shape index (κ1) is 10.0. The number of hydrogen-bond donors (Lipinski definition) is 1. The zero-order valence-electron chi connectivity index (χ0n) is 8.20. The summed E-state index contributed by atoms with van der Waals surface area (Å²) in [5.41, 5.74) is -0.515. The molecular weight excluding hydrogens is 170 g/mol. The summed E-state index contributed by atoms with van der Waals surface area (Å²) in [4.78, 5) is 23.9. The smallest absolute Gasteiger partial charge is 0.326 e. The Morgan fingerprint density at radius 2 is 2.23 bits per heavy atom. The molecule has 0 aromatic carbocycles. The molecule has 0 bridgehead atoms. The number of nitrogens with zero attached hydrogens (tertiary/aromatic N) is 1. The largest absolute Gasteiger partial charge is 0.480 e. The van der Waals surface area contributed by atoms with Gasteiger partial charge in [-0.2, -0.15) is 0 Å². The van der Waals surface area contributed by atoms with Crippen molar-refractivity contribution < 1.29 is 14.7 Å². The van der Waals surface area contributed by atoms with E-state index in [-0.39, 0.29) is 5.91 Å². The van der Waals surface area contributed by atoms with Crippen LogP contribution < -0.4 is 0 Å². The van der Waals surface area contributed by atoms with Crippen LogP contribution in [0.3, 0.4) is 0 Å². The Morgan fingerprint density at radius 1 is 1.69 bits per heavy atom. The number of carboxylic acids is 1. The van der Waals surface area contributed by atoms with Gasteiger partial charge in [-0.1, -0.05) is 13.8 Å². The molecule has 1 N–H and O–H groups in total. The van der Waals surface area contributed by atoms with Gasteiger partial charge >= 0.3 is 5.97 Å². The van der Waals surface area contributed by atoms with Gasteiger partial charge < -0.3 is 10.0 Å².